The molecule has 0 bridgehead atoms. The van der Waals surface area contributed by atoms with E-state index in [2.05, 4.69) is 20.1 Å². The van der Waals surface area contributed by atoms with Gasteiger partial charge in [-0.05, 0) is 44.7 Å². The average molecular weight is 390 g/mol. The molecule has 0 spiro atoms. The van der Waals surface area contributed by atoms with Gasteiger partial charge in [0, 0.05) is 11.5 Å². The monoisotopic (exact) mass is 390 g/mol. The van der Waals surface area contributed by atoms with Crippen LogP contribution in [0.1, 0.15) is 47.9 Å². The van der Waals surface area contributed by atoms with Crippen LogP contribution in [0.25, 0.3) is 5.69 Å². The fourth-order valence-corrected chi connectivity index (χ4v) is 3.82. The standard InChI is InChI=1S/C19H20F2N4O3/c1-19(2,21)16(18(27)28-3)23-17(26)14-12-7-9-6-11(9)15(12)25(24-14)10-4-5-13(20)22-8-10/h4-5,8-9,11,16H,6-7H2,1-3H3,(H,23,26)/t9-,11-,16?/m1/s1. The summed E-state index contributed by atoms with van der Waals surface area (Å²) < 4.78 is 33.8. The summed E-state index contributed by atoms with van der Waals surface area (Å²) in [6.07, 6.45) is 3.05. The number of nitrogens with zero attached hydrogens (tertiary/aromatic N) is 3. The molecule has 0 aliphatic heterocycles. The van der Waals surface area contributed by atoms with E-state index in [1.165, 1.54) is 32.2 Å². The summed E-state index contributed by atoms with van der Waals surface area (Å²) in [5.41, 5.74) is 0.350. The first-order chi connectivity index (χ1) is 13.2. The van der Waals surface area contributed by atoms with Gasteiger partial charge in [0.15, 0.2) is 11.7 Å². The number of carbonyl (C=O) groups is 2. The molecule has 0 radical (unpaired) electrons. The number of hydrogen-bond acceptors (Lipinski definition) is 5. The SMILES string of the molecule is COC(=O)C(NC(=O)c1nn(-c2ccc(F)nc2)c2c1C[C@H]1C[C@@H]21)C(C)(C)F. The number of methoxy groups -OCH3 is 1. The Kier molecular flexibility index (Phi) is 4.20. The lowest BCUT2D eigenvalue weighted by Gasteiger charge is -2.25. The Morgan fingerprint density at radius 2 is 2.14 bits per heavy atom. The van der Waals surface area contributed by atoms with Gasteiger partial charge in [-0.15, -0.1) is 0 Å². The number of carbonyl (C=O) groups excluding carboxylic acids is 2. The highest BCUT2D eigenvalue weighted by molar-refractivity contribution is 5.97. The van der Waals surface area contributed by atoms with E-state index in [-0.39, 0.29) is 5.69 Å². The van der Waals surface area contributed by atoms with E-state index >= 15 is 0 Å². The van der Waals surface area contributed by atoms with Crippen LogP contribution in [-0.4, -0.2) is 45.5 Å². The van der Waals surface area contributed by atoms with Crippen LogP contribution in [-0.2, 0) is 16.0 Å². The molecule has 1 unspecified atom stereocenters. The fourth-order valence-electron chi connectivity index (χ4n) is 3.82. The van der Waals surface area contributed by atoms with Crippen LogP contribution >= 0.6 is 0 Å². The van der Waals surface area contributed by atoms with Crippen molar-refractivity contribution in [3.05, 3.63) is 41.2 Å². The highest BCUT2D eigenvalue weighted by Crippen LogP contribution is 2.57. The molecular formula is C19H20F2N4O3. The minimum Gasteiger partial charge on any atom is -0.467 e. The largest absolute Gasteiger partial charge is 0.467 e. The molecule has 2 aromatic rings. The molecule has 4 rings (SSSR count). The maximum absolute atomic E-state index is 14.4. The number of ether oxygens (including phenoxy) is 1. The second kappa shape index (κ2) is 6.35. The number of nitrogens with one attached hydrogen (secondary N) is 1. The summed E-state index contributed by atoms with van der Waals surface area (Å²) in [6, 6.07) is 1.30. The topological polar surface area (TPSA) is 86.1 Å². The first-order valence-corrected chi connectivity index (χ1v) is 9.02. The smallest absolute Gasteiger partial charge is 0.331 e. The van der Waals surface area contributed by atoms with Crippen molar-refractivity contribution in [3.63, 3.8) is 0 Å². The van der Waals surface area contributed by atoms with Gasteiger partial charge in [0.05, 0.1) is 24.7 Å². The van der Waals surface area contributed by atoms with Crippen molar-refractivity contribution in [1.29, 1.82) is 0 Å². The van der Waals surface area contributed by atoms with Gasteiger partial charge in [-0.2, -0.15) is 9.49 Å². The quantitative estimate of drug-likeness (QED) is 0.624. The zero-order valence-corrected chi connectivity index (χ0v) is 15.7. The molecule has 28 heavy (non-hydrogen) atoms. The third-order valence-corrected chi connectivity index (χ3v) is 5.33. The molecule has 9 heteroatoms. The Hall–Kier alpha value is -2.84. The molecule has 7 nitrogen and oxygen atoms in total. The minimum atomic E-state index is -2.02. The van der Waals surface area contributed by atoms with Crippen LogP contribution in [0.15, 0.2) is 18.3 Å². The zero-order chi connectivity index (χ0) is 20.2. The van der Waals surface area contributed by atoms with E-state index in [0.717, 1.165) is 24.8 Å². The number of fused-ring (bicyclic) bond motifs is 3. The molecule has 0 aromatic carbocycles. The molecule has 2 heterocycles. The number of rotatable bonds is 5. The zero-order valence-electron chi connectivity index (χ0n) is 15.7. The molecule has 1 saturated carbocycles. The van der Waals surface area contributed by atoms with Gasteiger partial charge < -0.3 is 10.1 Å². The van der Waals surface area contributed by atoms with E-state index in [9.17, 15) is 18.4 Å². The Bertz CT molecular complexity index is 949. The van der Waals surface area contributed by atoms with Crippen LogP contribution in [0.5, 0.6) is 0 Å². The normalized spacial score (nSPS) is 20.9. The van der Waals surface area contributed by atoms with E-state index < -0.39 is 29.5 Å². The second-order valence-corrected chi connectivity index (χ2v) is 7.76. The van der Waals surface area contributed by atoms with Crippen molar-refractivity contribution < 1.29 is 23.1 Å². The maximum atomic E-state index is 14.4. The molecule has 1 amide bonds. The lowest BCUT2D eigenvalue weighted by Crippen LogP contribution is -2.52. The molecule has 1 N–H and O–H groups in total. The highest BCUT2D eigenvalue weighted by atomic mass is 19.1. The van der Waals surface area contributed by atoms with Crippen molar-refractivity contribution in [1.82, 2.24) is 20.1 Å². The van der Waals surface area contributed by atoms with Crippen molar-refractivity contribution >= 4 is 11.9 Å². The average Bonchev–Trinajstić information content (AvgIpc) is 3.14. The van der Waals surface area contributed by atoms with E-state index in [1.807, 2.05) is 0 Å². The number of amides is 1. The number of aromatic nitrogens is 3. The maximum Gasteiger partial charge on any atom is 0.331 e. The Balaban J connectivity index is 1.70. The highest BCUT2D eigenvalue weighted by Gasteiger charge is 2.50. The van der Waals surface area contributed by atoms with Crippen molar-refractivity contribution in [2.45, 2.75) is 44.3 Å². The first kappa shape index (κ1) is 18.5. The summed E-state index contributed by atoms with van der Waals surface area (Å²) in [5, 5.41) is 6.81. The first-order valence-electron chi connectivity index (χ1n) is 9.02. The lowest BCUT2D eigenvalue weighted by molar-refractivity contribution is -0.146. The number of pyridine rings is 1. The van der Waals surface area contributed by atoms with Gasteiger partial charge in [-0.1, -0.05) is 0 Å². The Morgan fingerprint density at radius 1 is 1.39 bits per heavy atom. The van der Waals surface area contributed by atoms with Gasteiger partial charge in [-0.25, -0.2) is 18.9 Å². The van der Waals surface area contributed by atoms with Crippen LogP contribution in [0.3, 0.4) is 0 Å². The third kappa shape index (κ3) is 3.04. The Morgan fingerprint density at radius 3 is 2.75 bits per heavy atom. The van der Waals surface area contributed by atoms with Crippen LogP contribution < -0.4 is 5.32 Å². The number of esters is 1. The summed E-state index contributed by atoms with van der Waals surface area (Å²) in [6.45, 7) is 2.38. The fraction of sp³-hybridized carbons (Fsp3) is 0.474. The third-order valence-electron chi connectivity index (χ3n) is 5.33. The van der Waals surface area contributed by atoms with Crippen molar-refractivity contribution in [2.75, 3.05) is 7.11 Å². The van der Waals surface area contributed by atoms with E-state index in [4.69, 9.17) is 0 Å². The van der Waals surface area contributed by atoms with Crippen LogP contribution in [0.4, 0.5) is 8.78 Å². The summed E-state index contributed by atoms with van der Waals surface area (Å²) in [4.78, 5) is 28.4. The van der Waals surface area contributed by atoms with E-state index in [0.29, 0.717) is 23.9 Å². The minimum absolute atomic E-state index is 0.143. The molecule has 0 saturated heterocycles. The van der Waals surface area contributed by atoms with Gasteiger partial charge in [0.25, 0.3) is 5.91 Å². The summed E-state index contributed by atoms with van der Waals surface area (Å²) >= 11 is 0. The van der Waals surface area contributed by atoms with Gasteiger partial charge in [0.2, 0.25) is 5.95 Å². The molecule has 3 atom stereocenters. The lowest BCUT2D eigenvalue weighted by atomic mass is 10.0. The second-order valence-electron chi connectivity index (χ2n) is 7.76. The van der Waals surface area contributed by atoms with Gasteiger partial charge in [0.1, 0.15) is 5.67 Å². The van der Waals surface area contributed by atoms with Crippen LogP contribution in [0, 0.1) is 11.9 Å². The number of alkyl halides is 1. The molecular weight excluding hydrogens is 370 g/mol. The molecule has 1 fully saturated rings. The molecule has 148 valence electrons. The summed E-state index contributed by atoms with van der Waals surface area (Å²) in [7, 11) is 1.13. The Labute approximate surface area is 160 Å². The molecule has 2 aromatic heterocycles. The molecule has 2 aliphatic rings. The van der Waals surface area contributed by atoms with Crippen molar-refractivity contribution in [3.8, 4) is 5.69 Å². The predicted octanol–water partition coefficient (Wildman–Crippen LogP) is 2.09. The predicted molar refractivity (Wildman–Crippen MR) is 94.3 cm³/mol. The van der Waals surface area contributed by atoms with E-state index in [1.54, 1.807) is 4.68 Å². The molecule has 2 aliphatic carbocycles. The summed E-state index contributed by atoms with van der Waals surface area (Å²) in [5.74, 6) is -1.38. The number of hydrogen-bond donors (Lipinski definition) is 1. The van der Waals surface area contributed by atoms with Gasteiger partial charge >= 0.3 is 5.97 Å². The van der Waals surface area contributed by atoms with Crippen molar-refractivity contribution in [2.24, 2.45) is 5.92 Å². The van der Waals surface area contributed by atoms with Gasteiger partial charge in [-0.3, -0.25) is 4.79 Å². The number of halogens is 2. The van der Waals surface area contributed by atoms with Crippen LogP contribution in [0.2, 0.25) is 0 Å².